The van der Waals surface area contributed by atoms with E-state index in [1.54, 1.807) is 6.08 Å². The predicted octanol–water partition coefficient (Wildman–Crippen LogP) is 1.36. The average molecular weight is 210 g/mol. The van der Waals surface area contributed by atoms with E-state index in [0.29, 0.717) is 0 Å². The molecule has 1 fully saturated rings. The van der Waals surface area contributed by atoms with E-state index in [-0.39, 0.29) is 5.91 Å². The van der Waals surface area contributed by atoms with Crippen molar-refractivity contribution in [1.29, 1.82) is 0 Å². The molecule has 0 unspecified atom stereocenters. The monoisotopic (exact) mass is 210 g/mol. The largest absolute Gasteiger partial charge is 0.339 e. The highest BCUT2D eigenvalue weighted by Gasteiger charge is 2.17. The van der Waals surface area contributed by atoms with Crippen LogP contribution in [0.15, 0.2) is 12.2 Å². The molecule has 1 aliphatic rings. The lowest BCUT2D eigenvalue weighted by atomic mass is 9.99. The maximum absolute atomic E-state index is 11.7. The van der Waals surface area contributed by atoms with Crippen LogP contribution in [0.1, 0.15) is 19.8 Å². The van der Waals surface area contributed by atoms with Crippen molar-refractivity contribution in [2.75, 3.05) is 33.7 Å². The molecule has 0 aromatic rings. The van der Waals surface area contributed by atoms with Crippen LogP contribution in [0.25, 0.3) is 0 Å². The predicted molar refractivity (Wildman–Crippen MR) is 62.7 cm³/mol. The lowest BCUT2D eigenvalue weighted by Crippen LogP contribution is -2.36. The molecule has 0 aliphatic carbocycles. The second-order valence-corrected chi connectivity index (χ2v) is 4.67. The molecule has 0 spiro atoms. The van der Waals surface area contributed by atoms with Crippen molar-refractivity contribution < 1.29 is 4.79 Å². The second-order valence-electron chi connectivity index (χ2n) is 4.67. The van der Waals surface area contributed by atoms with E-state index in [0.717, 1.165) is 38.4 Å². The molecular formula is C12H22N2O. The Morgan fingerprint density at radius 2 is 2.00 bits per heavy atom. The minimum atomic E-state index is 0.170. The SMILES string of the molecule is CC1CCN(C(=O)C=CCN(C)C)CC1. The Hall–Kier alpha value is -0.830. The number of piperidine rings is 1. The molecular weight excluding hydrogens is 188 g/mol. The summed E-state index contributed by atoms with van der Waals surface area (Å²) in [5.74, 6) is 0.948. The van der Waals surface area contributed by atoms with Crippen molar-refractivity contribution >= 4 is 5.91 Å². The van der Waals surface area contributed by atoms with Gasteiger partial charge in [0.15, 0.2) is 0 Å². The van der Waals surface area contributed by atoms with Gasteiger partial charge in [0, 0.05) is 25.7 Å². The van der Waals surface area contributed by atoms with Crippen molar-refractivity contribution in [1.82, 2.24) is 9.80 Å². The molecule has 86 valence electrons. The van der Waals surface area contributed by atoms with E-state index >= 15 is 0 Å². The third-order valence-electron chi connectivity index (χ3n) is 2.83. The smallest absolute Gasteiger partial charge is 0.246 e. The summed E-state index contributed by atoms with van der Waals surface area (Å²) < 4.78 is 0. The number of likely N-dealkylation sites (tertiary alicyclic amines) is 1. The summed E-state index contributed by atoms with van der Waals surface area (Å²) in [5.41, 5.74) is 0. The Bertz CT molecular complexity index is 228. The molecule has 3 heteroatoms. The Balaban J connectivity index is 2.31. The van der Waals surface area contributed by atoms with Gasteiger partial charge in [-0.2, -0.15) is 0 Å². The molecule has 0 atom stereocenters. The van der Waals surface area contributed by atoms with Crippen LogP contribution in [-0.4, -0.2) is 49.4 Å². The molecule has 0 radical (unpaired) electrons. The van der Waals surface area contributed by atoms with Gasteiger partial charge in [0.2, 0.25) is 5.91 Å². The molecule has 1 amide bonds. The first-order valence-corrected chi connectivity index (χ1v) is 5.69. The highest BCUT2D eigenvalue weighted by Crippen LogP contribution is 2.15. The van der Waals surface area contributed by atoms with Crippen LogP contribution in [0, 0.1) is 5.92 Å². The highest BCUT2D eigenvalue weighted by atomic mass is 16.2. The van der Waals surface area contributed by atoms with Crippen molar-refractivity contribution in [3.63, 3.8) is 0 Å². The van der Waals surface area contributed by atoms with Gasteiger partial charge in [0.1, 0.15) is 0 Å². The van der Waals surface area contributed by atoms with Crippen LogP contribution >= 0.6 is 0 Å². The number of hydrogen-bond donors (Lipinski definition) is 0. The molecule has 0 aromatic carbocycles. The van der Waals surface area contributed by atoms with Crippen LogP contribution in [0.5, 0.6) is 0 Å². The maximum atomic E-state index is 11.7. The van der Waals surface area contributed by atoms with Gasteiger partial charge in [-0.25, -0.2) is 0 Å². The summed E-state index contributed by atoms with van der Waals surface area (Å²) in [4.78, 5) is 15.7. The molecule has 0 saturated carbocycles. The third-order valence-corrected chi connectivity index (χ3v) is 2.83. The van der Waals surface area contributed by atoms with Gasteiger partial charge in [-0.05, 0) is 32.9 Å². The minimum Gasteiger partial charge on any atom is -0.339 e. The lowest BCUT2D eigenvalue weighted by Gasteiger charge is -2.29. The first kappa shape index (κ1) is 12.2. The lowest BCUT2D eigenvalue weighted by molar-refractivity contribution is -0.127. The summed E-state index contributed by atoms with van der Waals surface area (Å²) in [6.07, 6.45) is 5.93. The summed E-state index contributed by atoms with van der Waals surface area (Å²) in [6, 6.07) is 0. The quantitative estimate of drug-likeness (QED) is 0.657. The summed E-state index contributed by atoms with van der Waals surface area (Å²) in [7, 11) is 3.99. The van der Waals surface area contributed by atoms with E-state index in [1.807, 2.05) is 30.0 Å². The van der Waals surface area contributed by atoms with Gasteiger partial charge in [-0.3, -0.25) is 4.79 Å². The Morgan fingerprint density at radius 3 is 2.53 bits per heavy atom. The van der Waals surface area contributed by atoms with E-state index in [9.17, 15) is 4.79 Å². The van der Waals surface area contributed by atoms with Crippen LogP contribution in [0.2, 0.25) is 0 Å². The van der Waals surface area contributed by atoms with E-state index in [4.69, 9.17) is 0 Å². The molecule has 1 saturated heterocycles. The molecule has 1 aliphatic heterocycles. The third kappa shape index (κ3) is 4.47. The van der Waals surface area contributed by atoms with E-state index in [1.165, 1.54) is 0 Å². The zero-order valence-corrected chi connectivity index (χ0v) is 10.1. The molecule has 1 heterocycles. The zero-order valence-electron chi connectivity index (χ0n) is 10.1. The van der Waals surface area contributed by atoms with Crippen LogP contribution in [-0.2, 0) is 4.79 Å². The fourth-order valence-corrected chi connectivity index (χ4v) is 1.70. The number of carbonyl (C=O) groups is 1. The van der Waals surface area contributed by atoms with Crippen LogP contribution in [0.4, 0.5) is 0 Å². The van der Waals surface area contributed by atoms with Crippen molar-refractivity contribution in [3.8, 4) is 0 Å². The van der Waals surface area contributed by atoms with Gasteiger partial charge >= 0.3 is 0 Å². The second kappa shape index (κ2) is 5.91. The molecule has 0 N–H and O–H groups in total. The maximum Gasteiger partial charge on any atom is 0.246 e. The summed E-state index contributed by atoms with van der Waals surface area (Å²) >= 11 is 0. The number of hydrogen-bond acceptors (Lipinski definition) is 2. The zero-order chi connectivity index (χ0) is 11.3. The van der Waals surface area contributed by atoms with Crippen molar-refractivity contribution in [2.45, 2.75) is 19.8 Å². The van der Waals surface area contributed by atoms with E-state index < -0.39 is 0 Å². The van der Waals surface area contributed by atoms with Crippen LogP contribution in [0.3, 0.4) is 0 Å². The topological polar surface area (TPSA) is 23.6 Å². The standard InChI is InChI=1S/C12H22N2O/c1-11-6-9-14(10-7-11)12(15)5-4-8-13(2)3/h4-5,11H,6-10H2,1-3H3. The van der Waals surface area contributed by atoms with Crippen molar-refractivity contribution in [2.24, 2.45) is 5.92 Å². The van der Waals surface area contributed by atoms with Gasteiger partial charge in [0.05, 0.1) is 0 Å². The number of carbonyl (C=O) groups excluding carboxylic acids is 1. The molecule has 1 rings (SSSR count). The van der Waals surface area contributed by atoms with E-state index in [2.05, 4.69) is 6.92 Å². The van der Waals surface area contributed by atoms with Gasteiger partial charge in [0.25, 0.3) is 0 Å². The normalized spacial score (nSPS) is 19.1. The fraction of sp³-hybridized carbons (Fsp3) is 0.750. The molecule has 3 nitrogen and oxygen atoms in total. The molecule has 0 aromatic heterocycles. The Labute approximate surface area is 92.7 Å². The highest BCUT2D eigenvalue weighted by molar-refractivity contribution is 5.87. The van der Waals surface area contributed by atoms with Gasteiger partial charge in [-0.15, -0.1) is 0 Å². The minimum absolute atomic E-state index is 0.170. The van der Waals surface area contributed by atoms with Crippen molar-refractivity contribution in [3.05, 3.63) is 12.2 Å². The number of rotatable bonds is 3. The summed E-state index contributed by atoms with van der Waals surface area (Å²) in [5, 5.41) is 0. The van der Waals surface area contributed by atoms with Gasteiger partial charge in [-0.1, -0.05) is 13.0 Å². The Morgan fingerprint density at radius 1 is 1.40 bits per heavy atom. The van der Waals surface area contributed by atoms with Gasteiger partial charge < -0.3 is 9.80 Å². The Kier molecular flexibility index (Phi) is 4.82. The fourth-order valence-electron chi connectivity index (χ4n) is 1.70. The molecule has 15 heavy (non-hydrogen) atoms. The first-order valence-electron chi connectivity index (χ1n) is 5.69. The first-order chi connectivity index (χ1) is 7.09. The van der Waals surface area contributed by atoms with Crippen LogP contribution < -0.4 is 0 Å². The molecule has 0 bridgehead atoms. The number of likely N-dealkylation sites (N-methyl/N-ethyl adjacent to an activating group) is 1. The summed E-state index contributed by atoms with van der Waals surface area (Å²) in [6.45, 7) is 4.93. The number of amides is 1. The average Bonchev–Trinajstić information content (AvgIpc) is 2.18. The number of nitrogens with zero attached hydrogens (tertiary/aromatic N) is 2.